The number of sulfone groups is 1. The van der Waals surface area contributed by atoms with Crippen LogP contribution in [0.3, 0.4) is 0 Å². The summed E-state index contributed by atoms with van der Waals surface area (Å²) in [6.45, 7) is 3.85. The molecule has 1 aliphatic rings. The van der Waals surface area contributed by atoms with Crippen molar-refractivity contribution in [3.8, 4) is 5.75 Å². The molecule has 0 radical (unpaired) electrons. The summed E-state index contributed by atoms with van der Waals surface area (Å²) in [6, 6.07) is 12.9. The van der Waals surface area contributed by atoms with Gasteiger partial charge in [0.25, 0.3) is 5.91 Å². The van der Waals surface area contributed by atoms with E-state index < -0.39 is 27.3 Å². The number of amides is 3. The summed E-state index contributed by atoms with van der Waals surface area (Å²) in [7, 11) is -3.34. The summed E-state index contributed by atoms with van der Waals surface area (Å²) in [4.78, 5) is 26.5. The Hall–Kier alpha value is -2.87. The summed E-state index contributed by atoms with van der Waals surface area (Å²) in [5.74, 6) is 0.258. The van der Waals surface area contributed by atoms with Crippen LogP contribution in [0.1, 0.15) is 18.1 Å². The molecule has 0 aliphatic carbocycles. The molecule has 28 heavy (non-hydrogen) atoms. The standard InChI is InChI=1S/C20H22N2O5S/c1-14-4-8-16(9-5-14)27-13-12-22-18(23)20(2,21-19(22)24)15-6-10-17(11-7-15)28(3,25)26/h4-11H,12-13H2,1-3H3,(H,21,24). The molecule has 7 nitrogen and oxygen atoms in total. The third kappa shape index (κ3) is 3.87. The number of urea groups is 1. The Bertz CT molecular complexity index is 1000. The number of hydrogen-bond donors (Lipinski definition) is 1. The summed E-state index contributed by atoms with van der Waals surface area (Å²) in [5.41, 5.74) is 0.371. The smallest absolute Gasteiger partial charge is 0.325 e. The lowest BCUT2D eigenvalue weighted by molar-refractivity contribution is -0.131. The quantitative estimate of drug-likeness (QED) is 0.748. The molecule has 0 saturated carbocycles. The van der Waals surface area contributed by atoms with E-state index in [0.717, 1.165) is 16.7 Å². The average Bonchev–Trinajstić information content (AvgIpc) is 2.86. The molecule has 1 atom stereocenters. The van der Waals surface area contributed by atoms with Crippen molar-refractivity contribution in [2.45, 2.75) is 24.3 Å². The van der Waals surface area contributed by atoms with Crippen molar-refractivity contribution in [1.82, 2.24) is 10.2 Å². The molecule has 1 heterocycles. The molecular weight excluding hydrogens is 380 g/mol. The van der Waals surface area contributed by atoms with Crippen molar-refractivity contribution in [3.63, 3.8) is 0 Å². The number of nitrogens with zero attached hydrogens (tertiary/aromatic N) is 1. The average molecular weight is 402 g/mol. The monoisotopic (exact) mass is 402 g/mol. The van der Waals surface area contributed by atoms with Gasteiger partial charge in [-0.05, 0) is 43.7 Å². The van der Waals surface area contributed by atoms with Crippen LogP contribution in [0.25, 0.3) is 0 Å². The predicted octanol–water partition coefficient (Wildman–Crippen LogP) is 2.24. The largest absolute Gasteiger partial charge is 0.492 e. The van der Waals surface area contributed by atoms with Gasteiger partial charge >= 0.3 is 6.03 Å². The van der Waals surface area contributed by atoms with Crippen molar-refractivity contribution >= 4 is 21.8 Å². The fraction of sp³-hybridized carbons (Fsp3) is 0.300. The fourth-order valence-corrected chi connectivity index (χ4v) is 3.65. The maximum absolute atomic E-state index is 12.9. The van der Waals surface area contributed by atoms with Crippen molar-refractivity contribution in [2.24, 2.45) is 0 Å². The van der Waals surface area contributed by atoms with Gasteiger partial charge in [-0.25, -0.2) is 13.2 Å². The third-order valence-electron chi connectivity index (χ3n) is 4.74. The predicted molar refractivity (Wildman–Crippen MR) is 104 cm³/mol. The Morgan fingerprint density at radius 1 is 1.04 bits per heavy atom. The first-order valence-corrected chi connectivity index (χ1v) is 10.6. The van der Waals surface area contributed by atoms with Crippen molar-refractivity contribution in [2.75, 3.05) is 19.4 Å². The van der Waals surface area contributed by atoms with E-state index >= 15 is 0 Å². The molecule has 0 spiro atoms. The lowest BCUT2D eigenvalue weighted by Crippen LogP contribution is -2.41. The van der Waals surface area contributed by atoms with Crippen molar-refractivity contribution in [3.05, 3.63) is 59.7 Å². The molecule has 1 aliphatic heterocycles. The third-order valence-corrected chi connectivity index (χ3v) is 5.87. The van der Waals surface area contributed by atoms with E-state index in [4.69, 9.17) is 4.74 Å². The molecule has 1 fully saturated rings. The number of carbonyl (C=O) groups excluding carboxylic acids is 2. The molecule has 1 saturated heterocycles. The Labute approximate surface area is 164 Å². The molecule has 3 amide bonds. The molecule has 3 rings (SSSR count). The SMILES string of the molecule is Cc1ccc(OCCN2C(=O)NC(C)(c3ccc(S(C)(=O)=O)cc3)C2=O)cc1. The number of hydrogen-bond acceptors (Lipinski definition) is 5. The zero-order chi connectivity index (χ0) is 20.5. The normalized spacial score (nSPS) is 19.6. The van der Waals surface area contributed by atoms with E-state index in [1.165, 1.54) is 12.1 Å². The second-order valence-electron chi connectivity index (χ2n) is 6.97. The number of ether oxygens (including phenoxy) is 1. The first kappa shape index (κ1) is 19.9. The second kappa shape index (κ2) is 7.27. The van der Waals surface area contributed by atoms with Gasteiger partial charge in [-0.15, -0.1) is 0 Å². The highest BCUT2D eigenvalue weighted by Crippen LogP contribution is 2.29. The molecular formula is C20H22N2O5S. The number of rotatable bonds is 6. The van der Waals surface area contributed by atoms with Crippen LogP contribution in [0, 0.1) is 6.92 Å². The molecule has 1 unspecified atom stereocenters. The number of aryl methyl sites for hydroxylation is 1. The minimum absolute atomic E-state index is 0.107. The highest BCUT2D eigenvalue weighted by Gasteiger charge is 2.48. The summed E-state index contributed by atoms with van der Waals surface area (Å²) >= 11 is 0. The number of benzene rings is 2. The molecule has 0 bridgehead atoms. The second-order valence-corrected chi connectivity index (χ2v) is 8.99. The topological polar surface area (TPSA) is 92.8 Å². The number of carbonyl (C=O) groups is 2. The van der Waals surface area contributed by atoms with E-state index in [9.17, 15) is 18.0 Å². The van der Waals surface area contributed by atoms with E-state index in [1.807, 2.05) is 31.2 Å². The van der Waals surface area contributed by atoms with Gasteiger partial charge in [-0.3, -0.25) is 9.69 Å². The lowest BCUT2D eigenvalue weighted by atomic mass is 9.92. The Morgan fingerprint density at radius 3 is 2.21 bits per heavy atom. The van der Waals surface area contributed by atoms with Crippen LogP contribution in [0.15, 0.2) is 53.4 Å². The van der Waals surface area contributed by atoms with Gasteiger partial charge in [0, 0.05) is 6.26 Å². The maximum atomic E-state index is 12.9. The van der Waals surface area contributed by atoms with Gasteiger partial charge in [0.1, 0.15) is 17.9 Å². The van der Waals surface area contributed by atoms with Crippen LogP contribution in [-0.2, 0) is 20.2 Å². The summed E-state index contributed by atoms with van der Waals surface area (Å²) in [5, 5.41) is 2.69. The molecule has 2 aromatic rings. The van der Waals surface area contributed by atoms with E-state index in [0.29, 0.717) is 11.3 Å². The van der Waals surface area contributed by atoms with Gasteiger partial charge in [0.05, 0.1) is 11.4 Å². The van der Waals surface area contributed by atoms with Gasteiger partial charge in [-0.2, -0.15) is 0 Å². The first-order valence-electron chi connectivity index (χ1n) is 8.75. The van der Waals surface area contributed by atoms with Gasteiger partial charge in [-0.1, -0.05) is 29.8 Å². The van der Waals surface area contributed by atoms with E-state index in [2.05, 4.69) is 5.32 Å². The Morgan fingerprint density at radius 2 is 1.64 bits per heavy atom. The van der Waals surface area contributed by atoms with Crippen LogP contribution < -0.4 is 10.1 Å². The van der Waals surface area contributed by atoms with Crippen LogP contribution in [0.4, 0.5) is 4.79 Å². The summed E-state index contributed by atoms with van der Waals surface area (Å²) < 4.78 is 28.8. The molecule has 2 aromatic carbocycles. The van der Waals surface area contributed by atoms with Crippen molar-refractivity contribution in [1.29, 1.82) is 0 Å². The van der Waals surface area contributed by atoms with Crippen LogP contribution >= 0.6 is 0 Å². The Kier molecular flexibility index (Phi) is 5.16. The lowest BCUT2D eigenvalue weighted by Gasteiger charge is -2.22. The maximum Gasteiger partial charge on any atom is 0.325 e. The zero-order valence-electron chi connectivity index (χ0n) is 15.9. The first-order chi connectivity index (χ1) is 13.1. The van der Waals surface area contributed by atoms with Crippen molar-refractivity contribution < 1.29 is 22.7 Å². The number of imide groups is 1. The fourth-order valence-electron chi connectivity index (χ4n) is 3.02. The number of nitrogens with one attached hydrogen (secondary N) is 1. The minimum atomic E-state index is -3.34. The Balaban J connectivity index is 1.70. The van der Waals surface area contributed by atoms with Crippen LogP contribution in [0.5, 0.6) is 5.75 Å². The van der Waals surface area contributed by atoms with Gasteiger partial charge < -0.3 is 10.1 Å². The summed E-state index contributed by atoms with van der Waals surface area (Å²) in [6.07, 6.45) is 1.11. The van der Waals surface area contributed by atoms with Crippen LogP contribution in [-0.4, -0.2) is 44.7 Å². The van der Waals surface area contributed by atoms with E-state index in [1.54, 1.807) is 19.1 Å². The molecule has 1 N–H and O–H groups in total. The molecule has 0 aromatic heterocycles. The molecule has 148 valence electrons. The van der Waals surface area contributed by atoms with Gasteiger partial charge in [0.15, 0.2) is 9.84 Å². The van der Waals surface area contributed by atoms with Crippen LogP contribution in [0.2, 0.25) is 0 Å². The zero-order valence-corrected chi connectivity index (χ0v) is 16.7. The minimum Gasteiger partial charge on any atom is -0.492 e. The molecule has 8 heteroatoms. The van der Waals surface area contributed by atoms with E-state index in [-0.39, 0.29) is 18.0 Å². The van der Waals surface area contributed by atoms with Gasteiger partial charge in [0.2, 0.25) is 0 Å². The highest BCUT2D eigenvalue weighted by molar-refractivity contribution is 7.90. The highest BCUT2D eigenvalue weighted by atomic mass is 32.2.